The fourth-order valence-corrected chi connectivity index (χ4v) is 4.36. The van der Waals surface area contributed by atoms with E-state index in [9.17, 15) is 9.18 Å². The van der Waals surface area contributed by atoms with Crippen molar-refractivity contribution in [2.45, 2.75) is 19.4 Å². The molecule has 1 fully saturated rings. The van der Waals surface area contributed by atoms with E-state index in [4.69, 9.17) is 9.47 Å². The number of carbonyl (C=O) groups excluding carboxylic acids is 1. The van der Waals surface area contributed by atoms with Crippen molar-refractivity contribution in [1.82, 2.24) is 4.90 Å². The van der Waals surface area contributed by atoms with Gasteiger partial charge in [-0.25, -0.2) is 4.39 Å². The standard InChI is InChI=1S/C27H29FN2O3/c1-32-25-11-5-8-22(26(25)33-2)18-30-14-12-19(13-15-30)27(31)29-24-10-4-7-21(17-24)20-6-3-9-23(28)16-20/h3-11,16-17,19H,12-15,18H2,1-2H3,(H,29,31). The van der Waals surface area contributed by atoms with E-state index in [1.807, 2.05) is 48.5 Å². The average Bonchev–Trinajstić information content (AvgIpc) is 2.84. The van der Waals surface area contributed by atoms with Crippen LogP contribution in [0.15, 0.2) is 66.7 Å². The summed E-state index contributed by atoms with van der Waals surface area (Å²) < 4.78 is 24.5. The van der Waals surface area contributed by atoms with Crippen LogP contribution in [0, 0.1) is 11.7 Å². The molecule has 1 aliphatic heterocycles. The molecular weight excluding hydrogens is 419 g/mol. The van der Waals surface area contributed by atoms with Crippen LogP contribution in [0.25, 0.3) is 11.1 Å². The predicted octanol–water partition coefficient (Wildman–Crippen LogP) is 5.36. The summed E-state index contributed by atoms with van der Waals surface area (Å²) >= 11 is 0. The highest BCUT2D eigenvalue weighted by molar-refractivity contribution is 5.93. The van der Waals surface area contributed by atoms with Crippen LogP contribution in [0.2, 0.25) is 0 Å². The zero-order chi connectivity index (χ0) is 23.2. The minimum atomic E-state index is -0.278. The second-order valence-corrected chi connectivity index (χ2v) is 8.28. The minimum Gasteiger partial charge on any atom is -0.493 e. The summed E-state index contributed by atoms with van der Waals surface area (Å²) in [4.78, 5) is 15.2. The molecule has 1 saturated heterocycles. The molecule has 0 radical (unpaired) electrons. The number of ether oxygens (including phenoxy) is 2. The Morgan fingerprint density at radius 2 is 1.67 bits per heavy atom. The highest BCUT2D eigenvalue weighted by Gasteiger charge is 2.26. The molecule has 0 bridgehead atoms. The quantitative estimate of drug-likeness (QED) is 0.529. The minimum absolute atomic E-state index is 0.0324. The third kappa shape index (κ3) is 5.52. The number of amides is 1. The summed E-state index contributed by atoms with van der Waals surface area (Å²) in [6, 6.07) is 19.9. The van der Waals surface area contributed by atoms with Crippen LogP contribution in [-0.4, -0.2) is 38.1 Å². The summed E-state index contributed by atoms with van der Waals surface area (Å²) in [5.41, 5.74) is 3.46. The highest BCUT2D eigenvalue weighted by atomic mass is 19.1. The Balaban J connectivity index is 1.34. The lowest BCUT2D eigenvalue weighted by atomic mass is 9.95. The maximum Gasteiger partial charge on any atom is 0.227 e. The number of methoxy groups -OCH3 is 2. The number of hydrogen-bond donors (Lipinski definition) is 1. The third-order valence-corrected chi connectivity index (χ3v) is 6.12. The molecule has 5 nitrogen and oxygen atoms in total. The Labute approximate surface area is 194 Å². The summed E-state index contributed by atoms with van der Waals surface area (Å²) in [5.74, 6) is 1.21. The van der Waals surface area contributed by atoms with Gasteiger partial charge in [-0.1, -0.05) is 36.4 Å². The van der Waals surface area contributed by atoms with E-state index >= 15 is 0 Å². The molecule has 4 rings (SSSR count). The highest BCUT2D eigenvalue weighted by Crippen LogP contribution is 2.32. The van der Waals surface area contributed by atoms with E-state index in [0.29, 0.717) is 0 Å². The van der Waals surface area contributed by atoms with Crippen molar-refractivity contribution in [3.63, 3.8) is 0 Å². The van der Waals surface area contributed by atoms with E-state index in [1.54, 1.807) is 20.3 Å². The summed E-state index contributed by atoms with van der Waals surface area (Å²) in [5, 5.41) is 3.05. The van der Waals surface area contributed by atoms with Crippen LogP contribution in [0.5, 0.6) is 11.5 Å². The van der Waals surface area contributed by atoms with Crippen LogP contribution in [0.1, 0.15) is 18.4 Å². The Morgan fingerprint density at radius 3 is 2.36 bits per heavy atom. The van der Waals surface area contributed by atoms with E-state index in [0.717, 1.165) is 66.4 Å². The van der Waals surface area contributed by atoms with Crippen molar-refractivity contribution in [2.24, 2.45) is 5.92 Å². The van der Waals surface area contributed by atoms with Gasteiger partial charge in [-0.05, 0) is 67.4 Å². The van der Waals surface area contributed by atoms with Gasteiger partial charge in [0.2, 0.25) is 5.91 Å². The number of piperidine rings is 1. The van der Waals surface area contributed by atoms with Crippen molar-refractivity contribution in [2.75, 3.05) is 32.6 Å². The molecule has 1 N–H and O–H groups in total. The van der Waals surface area contributed by atoms with Gasteiger partial charge in [-0.15, -0.1) is 0 Å². The zero-order valence-electron chi connectivity index (χ0n) is 19.0. The number of para-hydroxylation sites is 1. The Hall–Kier alpha value is -3.38. The zero-order valence-corrected chi connectivity index (χ0v) is 19.0. The molecule has 172 valence electrons. The van der Waals surface area contributed by atoms with Crippen molar-refractivity contribution in [3.8, 4) is 22.6 Å². The van der Waals surface area contributed by atoms with Crippen LogP contribution in [0.4, 0.5) is 10.1 Å². The lowest BCUT2D eigenvalue weighted by Gasteiger charge is -2.31. The molecule has 33 heavy (non-hydrogen) atoms. The number of rotatable bonds is 7. The number of benzene rings is 3. The maximum absolute atomic E-state index is 13.6. The van der Waals surface area contributed by atoms with Crippen LogP contribution in [0.3, 0.4) is 0 Å². The van der Waals surface area contributed by atoms with Gasteiger partial charge in [0.15, 0.2) is 11.5 Å². The predicted molar refractivity (Wildman–Crippen MR) is 128 cm³/mol. The largest absolute Gasteiger partial charge is 0.493 e. The molecule has 1 amide bonds. The van der Waals surface area contributed by atoms with Gasteiger partial charge in [0, 0.05) is 23.7 Å². The van der Waals surface area contributed by atoms with Gasteiger partial charge in [0.25, 0.3) is 0 Å². The lowest BCUT2D eigenvalue weighted by molar-refractivity contribution is -0.121. The molecule has 3 aromatic rings. The normalized spacial score (nSPS) is 14.6. The van der Waals surface area contributed by atoms with Crippen LogP contribution < -0.4 is 14.8 Å². The number of carbonyl (C=O) groups is 1. The van der Waals surface area contributed by atoms with Crippen molar-refractivity contribution >= 4 is 11.6 Å². The SMILES string of the molecule is COc1cccc(CN2CCC(C(=O)Nc3cccc(-c4cccc(F)c4)c3)CC2)c1OC. The molecule has 0 unspecified atom stereocenters. The average molecular weight is 449 g/mol. The Bertz CT molecular complexity index is 1110. The van der Waals surface area contributed by atoms with E-state index < -0.39 is 0 Å². The number of halogens is 1. The molecule has 1 heterocycles. The number of nitrogens with one attached hydrogen (secondary N) is 1. The summed E-state index contributed by atoms with van der Waals surface area (Å²) in [7, 11) is 3.29. The smallest absolute Gasteiger partial charge is 0.227 e. The van der Waals surface area contributed by atoms with E-state index in [1.165, 1.54) is 12.1 Å². The number of nitrogens with zero attached hydrogens (tertiary/aromatic N) is 1. The number of likely N-dealkylation sites (tertiary alicyclic amines) is 1. The van der Waals surface area contributed by atoms with Gasteiger partial charge >= 0.3 is 0 Å². The van der Waals surface area contributed by atoms with Gasteiger partial charge in [0.1, 0.15) is 5.82 Å². The molecule has 0 spiro atoms. The first kappa shape index (κ1) is 22.8. The second-order valence-electron chi connectivity index (χ2n) is 8.28. The molecular formula is C27H29FN2O3. The van der Waals surface area contributed by atoms with E-state index in [-0.39, 0.29) is 17.6 Å². The Kier molecular flexibility index (Phi) is 7.25. The molecule has 3 aromatic carbocycles. The van der Waals surface area contributed by atoms with Gasteiger partial charge in [-0.2, -0.15) is 0 Å². The monoisotopic (exact) mass is 448 g/mol. The molecule has 6 heteroatoms. The molecule has 0 aromatic heterocycles. The van der Waals surface area contributed by atoms with Crippen molar-refractivity contribution in [1.29, 1.82) is 0 Å². The number of hydrogen-bond acceptors (Lipinski definition) is 4. The first-order valence-electron chi connectivity index (χ1n) is 11.2. The first-order valence-corrected chi connectivity index (χ1v) is 11.2. The maximum atomic E-state index is 13.6. The fourth-order valence-electron chi connectivity index (χ4n) is 4.36. The van der Waals surface area contributed by atoms with E-state index in [2.05, 4.69) is 10.2 Å². The third-order valence-electron chi connectivity index (χ3n) is 6.12. The Morgan fingerprint density at radius 1 is 0.970 bits per heavy atom. The lowest BCUT2D eigenvalue weighted by Crippen LogP contribution is -2.37. The van der Waals surface area contributed by atoms with Crippen molar-refractivity contribution in [3.05, 3.63) is 78.1 Å². The molecule has 0 atom stereocenters. The van der Waals surface area contributed by atoms with Gasteiger partial charge in [-0.3, -0.25) is 9.69 Å². The first-order chi connectivity index (χ1) is 16.1. The van der Waals surface area contributed by atoms with Gasteiger partial charge < -0.3 is 14.8 Å². The topological polar surface area (TPSA) is 50.8 Å². The van der Waals surface area contributed by atoms with Gasteiger partial charge in [0.05, 0.1) is 14.2 Å². The van der Waals surface area contributed by atoms with Crippen molar-refractivity contribution < 1.29 is 18.7 Å². The molecule has 0 saturated carbocycles. The van der Waals surface area contributed by atoms with Crippen LogP contribution in [-0.2, 0) is 11.3 Å². The number of anilines is 1. The molecule has 1 aliphatic rings. The summed E-state index contributed by atoms with van der Waals surface area (Å²) in [6.45, 7) is 2.42. The molecule has 0 aliphatic carbocycles. The van der Waals surface area contributed by atoms with Crippen LogP contribution >= 0.6 is 0 Å². The summed E-state index contributed by atoms with van der Waals surface area (Å²) in [6.07, 6.45) is 1.59. The fraction of sp³-hybridized carbons (Fsp3) is 0.296. The second kappa shape index (κ2) is 10.5.